The van der Waals surface area contributed by atoms with Gasteiger partial charge in [-0.2, -0.15) is 0 Å². The lowest BCUT2D eigenvalue weighted by molar-refractivity contribution is -0.139. The minimum atomic E-state index is -3.94. The van der Waals surface area contributed by atoms with E-state index in [-0.39, 0.29) is 39.2 Å². The van der Waals surface area contributed by atoms with Crippen molar-refractivity contribution < 1.29 is 18.0 Å². The molecule has 0 heterocycles. The van der Waals surface area contributed by atoms with E-state index in [9.17, 15) is 18.0 Å². The number of sulfonamides is 1. The van der Waals surface area contributed by atoms with Crippen LogP contribution >= 0.6 is 34.8 Å². The molecule has 34 heavy (non-hydrogen) atoms. The quantitative estimate of drug-likeness (QED) is 0.462. The summed E-state index contributed by atoms with van der Waals surface area (Å²) >= 11 is 18.3. The molecule has 0 spiro atoms. The minimum Gasteiger partial charge on any atom is -0.352 e. The number of nitrogens with one attached hydrogen (secondary N) is 1. The Hall–Kier alpha value is -2.00. The van der Waals surface area contributed by atoms with Crippen LogP contribution in [0.5, 0.6) is 0 Å². The average molecular weight is 549 g/mol. The molecule has 1 atom stereocenters. The molecule has 2 aromatic carbocycles. The van der Waals surface area contributed by atoms with E-state index in [1.54, 1.807) is 6.92 Å². The third kappa shape index (κ3) is 7.50. The number of rotatable bonds is 9. The Balaban J connectivity index is 2.46. The maximum absolute atomic E-state index is 13.5. The second kappa shape index (κ2) is 11.6. The molecular formula is C23H28Cl3N3O4S. The average Bonchev–Trinajstić information content (AvgIpc) is 2.71. The van der Waals surface area contributed by atoms with Crippen molar-refractivity contribution in [3.05, 3.63) is 62.6 Å². The second-order valence-corrected chi connectivity index (χ2v) is 11.5. The third-order valence-corrected chi connectivity index (χ3v) is 7.12. The summed E-state index contributed by atoms with van der Waals surface area (Å²) in [7, 11) is -3.94. The van der Waals surface area contributed by atoms with Gasteiger partial charge in [0.25, 0.3) is 0 Å². The topological polar surface area (TPSA) is 86.8 Å². The van der Waals surface area contributed by atoms with Gasteiger partial charge in [-0.1, -0.05) is 64.6 Å². The summed E-state index contributed by atoms with van der Waals surface area (Å²) in [5.41, 5.74) is 1.81. The lowest BCUT2D eigenvalue weighted by Gasteiger charge is -2.32. The Morgan fingerprint density at radius 2 is 1.62 bits per heavy atom. The van der Waals surface area contributed by atoms with E-state index >= 15 is 0 Å². The lowest BCUT2D eigenvalue weighted by atomic mass is 10.1. The Morgan fingerprint density at radius 3 is 2.18 bits per heavy atom. The summed E-state index contributed by atoms with van der Waals surface area (Å²) in [5.74, 6) is -0.935. The molecule has 0 bridgehead atoms. The van der Waals surface area contributed by atoms with Gasteiger partial charge >= 0.3 is 0 Å². The number of nitrogens with zero attached hydrogens (tertiary/aromatic N) is 2. The van der Waals surface area contributed by atoms with Crippen LogP contribution in [0.2, 0.25) is 15.1 Å². The summed E-state index contributed by atoms with van der Waals surface area (Å²) in [6.07, 6.45) is 0.957. The number of halogens is 3. The van der Waals surface area contributed by atoms with Crippen molar-refractivity contribution in [2.24, 2.45) is 0 Å². The van der Waals surface area contributed by atoms with Crippen LogP contribution < -0.4 is 9.62 Å². The smallest absolute Gasteiger partial charge is 0.244 e. The molecule has 0 fully saturated rings. The first kappa shape index (κ1) is 28.2. The second-order valence-electron chi connectivity index (χ2n) is 8.34. The molecule has 0 aliphatic rings. The van der Waals surface area contributed by atoms with Gasteiger partial charge in [0.1, 0.15) is 12.6 Å². The van der Waals surface area contributed by atoms with Gasteiger partial charge in [0.2, 0.25) is 21.8 Å². The normalized spacial score (nSPS) is 12.4. The number of aryl methyl sites for hydroxylation is 1. The molecule has 0 saturated heterocycles. The van der Waals surface area contributed by atoms with E-state index < -0.39 is 28.5 Å². The van der Waals surface area contributed by atoms with E-state index in [0.29, 0.717) is 0 Å². The van der Waals surface area contributed by atoms with Gasteiger partial charge in [-0.05, 0) is 45.4 Å². The van der Waals surface area contributed by atoms with Crippen LogP contribution in [0.1, 0.15) is 31.9 Å². The first-order valence-electron chi connectivity index (χ1n) is 10.5. The summed E-state index contributed by atoms with van der Waals surface area (Å²) in [6, 6.07) is 9.12. The Kier molecular flexibility index (Phi) is 9.65. The van der Waals surface area contributed by atoms with Crippen molar-refractivity contribution in [1.82, 2.24) is 10.2 Å². The van der Waals surface area contributed by atoms with Gasteiger partial charge in [-0.25, -0.2) is 8.42 Å². The SMILES string of the molecule is Cc1cccc(CN(C(=O)CN(c2cc(Cl)c(Cl)cc2Cl)S(C)(=O)=O)C(C)C(=O)NC(C)C)c1. The zero-order valence-electron chi connectivity index (χ0n) is 19.6. The van der Waals surface area contributed by atoms with E-state index in [2.05, 4.69) is 5.32 Å². The molecule has 1 N–H and O–H groups in total. The number of hydrogen-bond acceptors (Lipinski definition) is 4. The number of carbonyl (C=O) groups excluding carboxylic acids is 2. The van der Waals surface area contributed by atoms with Gasteiger partial charge in [0, 0.05) is 12.6 Å². The predicted molar refractivity (Wildman–Crippen MR) is 138 cm³/mol. The highest BCUT2D eigenvalue weighted by molar-refractivity contribution is 7.92. The highest BCUT2D eigenvalue weighted by atomic mass is 35.5. The summed E-state index contributed by atoms with van der Waals surface area (Å²) in [4.78, 5) is 27.6. The maximum Gasteiger partial charge on any atom is 0.244 e. The van der Waals surface area contributed by atoms with Crippen molar-refractivity contribution in [2.45, 2.75) is 46.3 Å². The lowest BCUT2D eigenvalue weighted by Crippen LogP contribution is -2.52. The van der Waals surface area contributed by atoms with Crippen LogP contribution in [0.4, 0.5) is 5.69 Å². The fourth-order valence-electron chi connectivity index (χ4n) is 3.29. The van der Waals surface area contributed by atoms with Crippen molar-refractivity contribution in [1.29, 1.82) is 0 Å². The van der Waals surface area contributed by atoms with Crippen LogP contribution in [0.3, 0.4) is 0 Å². The molecule has 2 rings (SSSR count). The van der Waals surface area contributed by atoms with Gasteiger partial charge in [0.05, 0.1) is 27.0 Å². The fraction of sp³-hybridized carbons (Fsp3) is 0.391. The standard InChI is InChI=1S/C23H28Cl3N3O4S/c1-14(2)27-23(31)16(4)28(12-17-8-6-7-15(3)9-17)22(30)13-29(34(5,32)33)21-11-19(25)18(24)10-20(21)26/h6-11,14,16H,12-13H2,1-5H3,(H,27,31). The maximum atomic E-state index is 13.5. The van der Waals surface area contributed by atoms with E-state index in [1.807, 2.05) is 45.0 Å². The van der Waals surface area contributed by atoms with Crippen molar-refractivity contribution in [2.75, 3.05) is 17.1 Å². The molecule has 0 saturated carbocycles. The largest absolute Gasteiger partial charge is 0.352 e. The molecule has 186 valence electrons. The number of benzene rings is 2. The molecule has 0 aliphatic heterocycles. The Morgan fingerprint density at radius 1 is 1.00 bits per heavy atom. The van der Waals surface area contributed by atoms with Crippen molar-refractivity contribution >= 4 is 62.3 Å². The van der Waals surface area contributed by atoms with Crippen LogP contribution in [0, 0.1) is 6.92 Å². The van der Waals surface area contributed by atoms with E-state index in [1.165, 1.54) is 17.0 Å². The number of anilines is 1. The molecule has 7 nitrogen and oxygen atoms in total. The molecule has 11 heteroatoms. The molecule has 0 radical (unpaired) electrons. The first-order valence-corrected chi connectivity index (χ1v) is 13.5. The van der Waals surface area contributed by atoms with Crippen LogP contribution in [0.25, 0.3) is 0 Å². The van der Waals surface area contributed by atoms with Crippen LogP contribution in [0.15, 0.2) is 36.4 Å². The zero-order valence-corrected chi connectivity index (χ0v) is 22.7. The monoisotopic (exact) mass is 547 g/mol. The number of carbonyl (C=O) groups is 2. The highest BCUT2D eigenvalue weighted by Gasteiger charge is 2.31. The summed E-state index contributed by atoms with van der Waals surface area (Å²) in [5, 5.41) is 3.05. The Bertz CT molecular complexity index is 1170. The van der Waals surface area contributed by atoms with Gasteiger partial charge in [0.15, 0.2) is 0 Å². The van der Waals surface area contributed by atoms with Crippen LogP contribution in [-0.2, 0) is 26.2 Å². The van der Waals surface area contributed by atoms with E-state index in [0.717, 1.165) is 21.7 Å². The molecule has 1 unspecified atom stereocenters. The Labute approximate surface area is 216 Å². The van der Waals surface area contributed by atoms with Gasteiger partial charge in [-0.3, -0.25) is 13.9 Å². The fourth-order valence-corrected chi connectivity index (χ4v) is 4.84. The van der Waals surface area contributed by atoms with E-state index in [4.69, 9.17) is 34.8 Å². The predicted octanol–water partition coefficient (Wildman–Crippen LogP) is 4.66. The van der Waals surface area contributed by atoms with Crippen LogP contribution in [-0.4, -0.2) is 50.0 Å². The highest BCUT2D eigenvalue weighted by Crippen LogP contribution is 2.35. The molecule has 2 amide bonds. The first-order chi connectivity index (χ1) is 15.7. The molecule has 2 aromatic rings. The van der Waals surface area contributed by atoms with Crippen molar-refractivity contribution in [3.8, 4) is 0 Å². The zero-order chi connectivity index (χ0) is 25.8. The number of hydrogen-bond donors (Lipinski definition) is 1. The van der Waals surface area contributed by atoms with Gasteiger partial charge in [-0.15, -0.1) is 0 Å². The third-order valence-electron chi connectivity index (χ3n) is 4.97. The minimum absolute atomic E-state index is 0.0155. The molecule has 0 aromatic heterocycles. The van der Waals surface area contributed by atoms with Gasteiger partial charge < -0.3 is 10.2 Å². The van der Waals surface area contributed by atoms with Crippen molar-refractivity contribution in [3.63, 3.8) is 0 Å². The molecule has 0 aliphatic carbocycles. The number of amides is 2. The summed E-state index contributed by atoms with van der Waals surface area (Å²) in [6.45, 7) is 6.68. The summed E-state index contributed by atoms with van der Waals surface area (Å²) < 4.78 is 26.1. The molecular weight excluding hydrogens is 521 g/mol.